The van der Waals surface area contributed by atoms with E-state index in [1.54, 1.807) is 0 Å². The van der Waals surface area contributed by atoms with Crippen molar-refractivity contribution >= 4 is 22.6 Å². The van der Waals surface area contributed by atoms with Gasteiger partial charge in [0, 0.05) is 16.7 Å². The van der Waals surface area contributed by atoms with Gasteiger partial charge in [-0.3, -0.25) is 0 Å². The summed E-state index contributed by atoms with van der Waals surface area (Å²) >= 11 is 2.44. The molecule has 0 spiro atoms. The third kappa shape index (κ3) is 10.8. The van der Waals surface area contributed by atoms with E-state index in [4.69, 9.17) is 0 Å². The van der Waals surface area contributed by atoms with Gasteiger partial charge in [0.15, 0.2) is 0 Å². The molecule has 0 saturated carbocycles. The van der Waals surface area contributed by atoms with Crippen LogP contribution in [-0.2, 0) is 0 Å². The minimum absolute atomic E-state index is 1.12. The molecule has 16 heavy (non-hydrogen) atoms. The molecule has 0 bridgehead atoms. The molecule has 2 heteroatoms. The summed E-state index contributed by atoms with van der Waals surface area (Å²) < 4.78 is 1.12. The van der Waals surface area contributed by atoms with Gasteiger partial charge in [-0.05, 0) is 19.3 Å². The maximum atomic E-state index is 3.48. The van der Waals surface area contributed by atoms with Crippen LogP contribution in [0.2, 0.25) is 0 Å². The van der Waals surface area contributed by atoms with E-state index in [1.165, 1.54) is 57.1 Å². The summed E-state index contributed by atoms with van der Waals surface area (Å²) in [5, 5.41) is 3.48. The molecule has 1 nitrogen and oxygen atoms in total. The van der Waals surface area contributed by atoms with E-state index in [-0.39, 0.29) is 0 Å². The lowest BCUT2D eigenvalue weighted by atomic mass is 10.1. The summed E-state index contributed by atoms with van der Waals surface area (Å²) in [6.45, 7) is 5.60. The summed E-state index contributed by atoms with van der Waals surface area (Å²) in [7, 11) is 0. The third-order valence-electron chi connectivity index (χ3n) is 2.69. The van der Waals surface area contributed by atoms with Gasteiger partial charge in [0.2, 0.25) is 0 Å². The Morgan fingerprint density at radius 1 is 1.00 bits per heavy atom. The number of allylic oxidation sites excluding steroid dienone is 2. The van der Waals surface area contributed by atoms with Crippen LogP contribution in [0.4, 0.5) is 0 Å². The first-order valence-electron chi connectivity index (χ1n) is 6.84. The molecule has 0 unspecified atom stereocenters. The van der Waals surface area contributed by atoms with Gasteiger partial charge in [-0.2, -0.15) is 0 Å². The molecule has 0 aliphatic heterocycles. The van der Waals surface area contributed by atoms with E-state index in [1.807, 2.05) is 0 Å². The van der Waals surface area contributed by atoms with Gasteiger partial charge in [-0.25, -0.2) is 0 Å². The van der Waals surface area contributed by atoms with Gasteiger partial charge in [-0.1, -0.05) is 74.6 Å². The van der Waals surface area contributed by atoms with Crippen LogP contribution in [-0.4, -0.2) is 11.0 Å². The zero-order chi connectivity index (χ0) is 12.1. The number of nitrogens with one attached hydrogen (secondary N) is 1. The molecular weight excluding hydrogens is 309 g/mol. The van der Waals surface area contributed by atoms with E-state index in [9.17, 15) is 0 Å². The van der Waals surface area contributed by atoms with Crippen molar-refractivity contribution in [2.45, 2.75) is 65.2 Å². The fraction of sp³-hybridized carbons (Fsp3) is 0.857. The van der Waals surface area contributed by atoms with E-state index in [2.05, 4.69) is 47.8 Å². The van der Waals surface area contributed by atoms with E-state index in [0.29, 0.717) is 0 Å². The van der Waals surface area contributed by atoms with Gasteiger partial charge in [-0.15, -0.1) is 0 Å². The summed E-state index contributed by atoms with van der Waals surface area (Å²) in [6, 6.07) is 0. The molecule has 0 saturated heterocycles. The molecule has 0 aromatic rings. The summed E-state index contributed by atoms with van der Waals surface area (Å²) in [5.74, 6) is 0. The summed E-state index contributed by atoms with van der Waals surface area (Å²) in [4.78, 5) is 0. The fourth-order valence-electron chi connectivity index (χ4n) is 1.66. The predicted molar refractivity (Wildman–Crippen MR) is 83.3 cm³/mol. The van der Waals surface area contributed by atoms with Crippen LogP contribution in [0.25, 0.3) is 0 Å². The Kier molecular flexibility index (Phi) is 13.6. The SMILES string of the molecule is CCCCCCCCC=C(CI)NCCC. The Balaban J connectivity index is 3.40. The second kappa shape index (κ2) is 13.3. The number of hydrogen-bond donors (Lipinski definition) is 1. The van der Waals surface area contributed by atoms with Crippen molar-refractivity contribution in [2.75, 3.05) is 11.0 Å². The highest BCUT2D eigenvalue weighted by molar-refractivity contribution is 14.1. The highest BCUT2D eigenvalue weighted by Crippen LogP contribution is 2.08. The van der Waals surface area contributed by atoms with Crippen LogP contribution < -0.4 is 5.32 Å². The Morgan fingerprint density at radius 2 is 1.69 bits per heavy atom. The first kappa shape index (κ1) is 16.3. The molecule has 0 aromatic carbocycles. The van der Waals surface area contributed by atoms with Crippen LogP contribution in [0.1, 0.15) is 65.2 Å². The Bertz CT molecular complexity index is 166. The molecule has 1 N–H and O–H groups in total. The molecule has 0 heterocycles. The zero-order valence-corrected chi connectivity index (χ0v) is 13.2. The third-order valence-corrected chi connectivity index (χ3v) is 3.52. The minimum atomic E-state index is 1.12. The molecule has 96 valence electrons. The van der Waals surface area contributed by atoms with E-state index in [0.717, 1.165) is 11.0 Å². The van der Waals surface area contributed by atoms with E-state index < -0.39 is 0 Å². The standard InChI is InChI=1S/C14H28IN/c1-3-5-6-7-8-9-10-11-14(13-15)16-12-4-2/h11,16H,3-10,12-13H2,1-2H3. The highest BCUT2D eigenvalue weighted by atomic mass is 127. The second-order valence-electron chi connectivity index (χ2n) is 4.35. The average molecular weight is 337 g/mol. The van der Waals surface area contributed by atoms with Crippen molar-refractivity contribution in [3.8, 4) is 0 Å². The van der Waals surface area contributed by atoms with Gasteiger partial charge in [0.25, 0.3) is 0 Å². The van der Waals surface area contributed by atoms with Crippen molar-refractivity contribution in [2.24, 2.45) is 0 Å². The number of halogens is 1. The van der Waals surface area contributed by atoms with Gasteiger partial charge < -0.3 is 5.32 Å². The molecule has 0 aromatic heterocycles. The maximum Gasteiger partial charge on any atom is 0.0391 e. The highest BCUT2D eigenvalue weighted by Gasteiger charge is 1.93. The van der Waals surface area contributed by atoms with Gasteiger partial charge >= 0.3 is 0 Å². The molecule has 0 radical (unpaired) electrons. The fourth-order valence-corrected chi connectivity index (χ4v) is 2.24. The molecular formula is C14H28IN. The lowest BCUT2D eigenvalue weighted by Gasteiger charge is -2.06. The quantitative estimate of drug-likeness (QED) is 0.316. The Morgan fingerprint density at radius 3 is 2.31 bits per heavy atom. The van der Waals surface area contributed by atoms with Crippen LogP contribution in [0.15, 0.2) is 11.8 Å². The Hall–Kier alpha value is 0.270. The molecule has 0 atom stereocenters. The maximum absolute atomic E-state index is 3.48. The molecule has 0 fully saturated rings. The number of hydrogen-bond acceptors (Lipinski definition) is 1. The van der Waals surface area contributed by atoms with Crippen LogP contribution in [0, 0.1) is 0 Å². The summed E-state index contributed by atoms with van der Waals surface area (Å²) in [5.41, 5.74) is 1.43. The predicted octanol–water partition coefficient (Wildman–Crippen LogP) is 5.06. The van der Waals surface area contributed by atoms with Gasteiger partial charge in [0.1, 0.15) is 0 Å². The number of rotatable bonds is 11. The minimum Gasteiger partial charge on any atom is -0.388 e. The Labute approximate surface area is 116 Å². The molecule has 0 amide bonds. The molecule has 0 aliphatic carbocycles. The van der Waals surface area contributed by atoms with Gasteiger partial charge in [0.05, 0.1) is 0 Å². The van der Waals surface area contributed by atoms with Crippen molar-refractivity contribution in [1.82, 2.24) is 5.32 Å². The monoisotopic (exact) mass is 337 g/mol. The number of alkyl halides is 1. The molecule has 0 rings (SSSR count). The molecule has 0 aliphatic rings. The second-order valence-corrected chi connectivity index (χ2v) is 5.11. The van der Waals surface area contributed by atoms with Crippen molar-refractivity contribution < 1.29 is 0 Å². The lowest BCUT2D eigenvalue weighted by Crippen LogP contribution is -2.14. The topological polar surface area (TPSA) is 12.0 Å². The van der Waals surface area contributed by atoms with Crippen LogP contribution >= 0.6 is 22.6 Å². The van der Waals surface area contributed by atoms with E-state index >= 15 is 0 Å². The van der Waals surface area contributed by atoms with Crippen molar-refractivity contribution in [3.63, 3.8) is 0 Å². The van der Waals surface area contributed by atoms with Crippen molar-refractivity contribution in [3.05, 3.63) is 11.8 Å². The van der Waals surface area contributed by atoms with Crippen LogP contribution in [0.5, 0.6) is 0 Å². The summed E-state index contributed by atoms with van der Waals surface area (Å²) in [6.07, 6.45) is 13.2. The first-order valence-corrected chi connectivity index (χ1v) is 8.36. The normalized spacial score (nSPS) is 11.8. The first-order chi connectivity index (χ1) is 7.85. The largest absolute Gasteiger partial charge is 0.388 e. The lowest BCUT2D eigenvalue weighted by molar-refractivity contribution is 0.610. The van der Waals surface area contributed by atoms with Crippen molar-refractivity contribution in [1.29, 1.82) is 0 Å². The zero-order valence-electron chi connectivity index (χ0n) is 11.0. The van der Waals surface area contributed by atoms with Crippen LogP contribution in [0.3, 0.4) is 0 Å². The number of unbranched alkanes of at least 4 members (excludes halogenated alkanes) is 6. The smallest absolute Gasteiger partial charge is 0.0391 e. The average Bonchev–Trinajstić information content (AvgIpc) is 2.32.